The predicted molar refractivity (Wildman–Crippen MR) is 107 cm³/mol. The van der Waals surface area contributed by atoms with Crippen molar-refractivity contribution in [3.8, 4) is 5.75 Å². The molecule has 1 aromatic heterocycles. The van der Waals surface area contributed by atoms with E-state index in [-0.39, 0.29) is 30.0 Å². The molecule has 0 unspecified atom stereocenters. The summed E-state index contributed by atoms with van der Waals surface area (Å²) < 4.78 is 25.1. The van der Waals surface area contributed by atoms with Gasteiger partial charge >= 0.3 is 178 Å². The zero-order valence-corrected chi connectivity index (χ0v) is 19.2. The van der Waals surface area contributed by atoms with Crippen LogP contribution >= 0.6 is 0 Å². The third-order valence-corrected chi connectivity index (χ3v) is 12.5. The molecule has 0 bridgehead atoms. The van der Waals surface area contributed by atoms with Gasteiger partial charge in [-0.15, -0.1) is 0 Å². The first-order valence-corrected chi connectivity index (χ1v) is 16.1. The molecular formula is C19H21FN2O5Se2. The van der Waals surface area contributed by atoms with Crippen LogP contribution in [0.25, 0.3) is 11.0 Å². The summed E-state index contributed by atoms with van der Waals surface area (Å²) in [4.78, 5) is 28.5. The number of rotatable bonds is 3. The molecule has 2 aromatic rings. The summed E-state index contributed by atoms with van der Waals surface area (Å²) in [5.74, 6) is -0.911. The minimum absolute atomic E-state index is 0.0297. The number of piperazine rings is 1. The molecule has 0 saturated carbocycles. The molecule has 3 heterocycles. The zero-order valence-electron chi connectivity index (χ0n) is 15.8. The van der Waals surface area contributed by atoms with Crippen LogP contribution in [0.15, 0.2) is 27.4 Å². The summed E-state index contributed by atoms with van der Waals surface area (Å²) >= 11 is 1.11. The summed E-state index contributed by atoms with van der Waals surface area (Å²) in [7, 11) is 0. The average molecular weight is 534 g/mol. The number of benzene rings is 1. The van der Waals surface area contributed by atoms with Gasteiger partial charge in [-0.1, -0.05) is 0 Å². The standard InChI is InChI=1S/C19H21FN2O5Se2/c1-11-6-18(24)26-16-8-17(13(20)7-12(11)16)27-19(25)22-3-2-21(4-5-23)14-9-28-29-10-15(14)22/h6-8,14-15,23H,2-5,9-10H2,1H3/t14-,15-/m0/s1. The van der Waals surface area contributed by atoms with Crippen molar-refractivity contribution in [2.45, 2.75) is 29.6 Å². The third-order valence-electron chi connectivity index (χ3n) is 5.33. The molecule has 0 aliphatic carbocycles. The number of carbonyl (C=O) groups is 1. The number of hydrogen-bond acceptors (Lipinski definition) is 6. The van der Waals surface area contributed by atoms with Gasteiger partial charge in [-0.25, -0.2) is 0 Å². The molecule has 7 nitrogen and oxygen atoms in total. The van der Waals surface area contributed by atoms with Crippen molar-refractivity contribution < 1.29 is 23.4 Å². The maximum absolute atomic E-state index is 14.6. The van der Waals surface area contributed by atoms with Crippen LogP contribution in [-0.2, 0) is 0 Å². The number of aliphatic hydroxyl groups is 1. The Kier molecular flexibility index (Phi) is 6.29. The van der Waals surface area contributed by atoms with Crippen LogP contribution in [0.1, 0.15) is 5.56 Å². The van der Waals surface area contributed by atoms with E-state index in [0.29, 0.717) is 56.8 Å². The van der Waals surface area contributed by atoms with Gasteiger partial charge in [0.25, 0.3) is 0 Å². The molecule has 2 saturated heterocycles. The van der Waals surface area contributed by atoms with Gasteiger partial charge in [-0.2, -0.15) is 0 Å². The van der Waals surface area contributed by atoms with Crippen LogP contribution in [0, 0.1) is 12.7 Å². The Bertz CT molecular complexity index is 985. The summed E-state index contributed by atoms with van der Waals surface area (Å²) in [5.41, 5.74) is 0.253. The number of ether oxygens (including phenoxy) is 1. The predicted octanol–water partition coefficient (Wildman–Crippen LogP) is 1.26. The molecule has 2 atom stereocenters. The second-order valence-electron chi connectivity index (χ2n) is 7.05. The van der Waals surface area contributed by atoms with Crippen molar-refractivity contribution in [3.63, 3.8) is 0 Å². The number of fused-ring (bicyclic) bond motifs is 2. The Morgan fingerprint density at radius 3 is 2.79 bits per heavy atom. The van der Waals surface area contributed by atoms with Crippen LogP contribution in [0.5, 0.6) is 5.75 Å². The summed E-state index contributed by atoms with van der Waals surface area (Å²) in [6.07, 6.45) is -0.581. The second kappa shape index (κ2) is 8.76. The van der Waals surface area contributed by atoms with Crippen LogP contribution in [-0.4, -0.2) is 85.6 Å². The van der Waals surface area contributed by atoms with E-state index in [9.17, 15) is 19.1 Å². The van der Waals surface area contributed by atoms with E-state index in [1.165, 1.54) is 18.2 Å². The van der Waals surface area contributed by atoms with Gasteiger partial charge in [-0.05, 0) is 0 Å². The Labute approximate surface area is 178 Å². The van der Waals surface area contributed by atoms with E-state index in [1.54, 1.807) is 11.8 Å². The molecule has 2 aliphatic heterocycles. The van der Waals surface area contributed by atoms with Gasteiger partial charge in [0.05, 0.1) is 0 Å². The average Bonchev–Trinajstić information content (AvgIpc) is 2.69. The van der Waals surface area contributed by atoms with E-state index in [4.69, 9.17) is 9.15 Å². The van der Waals surface area contributed by atoms with Gasteiger partial charge in [0.2, 0.25) is 0 Å². The molecule has 1 amide bonds. The normalized spacial score (nSPS) is 22.5. The number of hydrogen-bond donors (Lipinski definition) is 1. The molecule has 1 aromatic carbocycles. The molecule has 0 spiro atoms. The van der Waals surface area contributed by atoms with Crippen LogP contribution < -0.4 is 10.4 Å². The molecule has 1 N–H and O–H groups in total. The minimum atomic E-state index is -0.672. The number of nitrogens with zero attached hydrogens (tertiary/aromatic N) is 2. The monoisotopic (exact) mass is 536 g/mol. The molecule has 2 aliphatic rings. The number of aryl methyl sites for hydroxylation is 1. The van der Waals surface area contributed by atoms with E-state index in [2.05, 4.69) is 4.90 Å². The number of carbonyl (C=O) groups excluding carboxylic acids is 1. The third kappa shape index (κ3) is 4.24. The summed E-state index contributed by atoms with van der Waals surface area (Å²) in [6, 6.07) is 4.05. The van der Waals surface area contributed by atoms with Crippen LogP contribution in [0.4, 0.5) is 9.18 Å². The fourth-order valence-corrected chi connectivity index (χ4v) is 11.7. The van der Waals surface area contributed by atoms with Gasteiger partial charge in [0.1, 0.15) is 0 Å². The second-order valence-corrected chi connectivity index (χ2v) is 14.6. The van der Waals surface area contributed by atoms with Crippen molar-refractivity contribution in [3.05, 3.63) is 40.0 Å². The Morgan fingerprint density at radius 2 is 2.03 bits per heavy atom. The number of β-amino-alcohol motifs (C(OH)–C–C–N with tert-alkyl or cyclic N) is 1. The Morgan fingerprint density at radius 1 is 1.28 bits per heavy atom. The number of halogens is 1. The van der Waals surface area contributed by atoms with Gasteiger partial charge in [0.15, 0.2) is 0 Å². The van der Waals surface area contributed by atoms with Crippen molar-refractivity contribution in [2.75, 3.05) is 26.2 Å². The van der Waals surface area contributed by atoms with Crippen molar-refractivity contribution >= 4 is 43.3 Å². The maximum atomic E-state index is 14.6. The fourth-order valence-electron chi connectivity index (χ4n) is 3.86. The van der Waals surface area contributed by atoms with E-state index in [0.717, 1.165) is 10.6 Å². The molecule has 156 valence electrons. The SMILES string of the molecule is Cc1cc(=O)oc2cc(OC(=O)N3CCN(CCO)[C@H]4C[Se][Se]C[C@@H]43)c(F)cc12. The molecule has 2 fully saturated rings. The van der Waals surface area contributed by atoms with E-state index in [1.807, 2.05) is 0 Å². The van der Waals surface area contributed by atoms with Crippen LogP contribution in [0.2, 0.25) is 10.6 Å². The van der Waals surface area contributed by atoms with Gasteiger partial charge < -0.3 is 0 Å². The molecular weight excluding hydrogens is 513 g/mol. The first-order valence-electron chi connectivity index (χ1n) is 9.29. The zero-order chi connectivity index (χ0) is 20.5. The quantitative estimate of drug-likeness (QED) is 0.472. The molecule has 10 heteroatoms. The van der Waals surface area contributed by atoms with Crippen LogP contribution in [0.3, 0.4) is 0 Å². The van der Waals surface area contributed by atoms with Crippen molar-refractivity contribution in [1.82, 2.24) is 9.80 Å². The number of amides is 1. The first kappa shape index (κ1) is 20.8. The van der Waals surface area contributed by atoms with Gasteiger partial charge in [0, 0.05) is 0 Å². The van der Waals surface area contributed by atoms with E-state index < -0.39 is 17.5 Å². The number of aliphatic hydroxyl groups excluding tert-OH is 1. The molecule has 4 rings (SSSR count). The molecule has 0 radical (unpaired) electrons. The van der Waals surface area contributed by atoms with Gasteiger partial charge in [-0.3, -0.25) is 0 Å². The summed E-state index contributed by atoms with van der Waals surface area (Å²) in [5, 5.41) is 11.8. The first-order chi connectivity index (χ1) is 14.0. The van der Waals surface area contributed by atoms with E-state index >= 15 is 0 Å². The topological polar surface area (TPSA) is 83.2 Å². The molecule has 29 heavy (non-hydrogen) atoms. The van der Waals surface area contributed by atoms with Crippen molar-refractivity contribution in [1.29, 1.82) is 0 Å². The fraction of sp³-hybridized carbons (Fsp3) is 0.474. The summed E-state index contributed by atoms with van der Waals surface area (Å²) in [6.45, 7) is 3.53. The Balaban J connectivity index is 1.57. The Hall–Kier alpha value is -1.41. The van der Waals surface area contributed by atoms with Crippen molar-refractivity contribution in [2.24, 2.45) is 0 Å².